The van der Waals surface area contributed by atoms with E-state index in [1.165, 1.54) is 4.90 Å². The van der Waals surface area contributed by atoms with Crippen molar-refractivity contribution in [2.45, 2.75) is 44.2 Å². The molecule has 6 rings (SSSR count). The van der Waals surface area contributed by atoms with Crippen LogP contribution in [0.4, 0.5) is 20.3 Å². The van der Waals surface area contributed by atoms with Crippen molar-refractivity contribution in [3.05, 3.63) is 52.7 Å². The van der Waals surface area contributed by atoms with Gasteiger partial charge in [-0.2, -0.15) is 0 Å². The van der Waals surface area contributed by atoms with Gasteiger partial charge >= 0.3 is 0 Å². The number of amides is 2. The maximum absolute atomic E-state index is 13.5. The van der Waals surface area contributed by atoms with Gasteiger partial charge in [-0.3, -0.25) is 9.59 Å². The van der Waals surface area contributed by atoms with Crippen molar-refractivity contribution in [1.82, 2.24) is 14.8 Å². The van der Waals surface area contributed by atoms with Crippen LogP contribution >= 0.6 is 0 Å². The maximum Gasteiger partial charge on any atom is 0.255 e. The highest BCUT2D eigenvalue weighted by Gasteiger charge is 2.37. The van der Waals surface area contributed by atoms with Crippen LogP contribution in [0.2, 0.25) is 0 Å². The second kappa shape index (κ2) is 8.01. The molecular weight excluding hydrogens is 442 g/mol. The third-order valence-corrected chi connectivity index (χ3v) is 7.35. The van der Waals surface area contributed by atoms with Crippen LogP contribution in [0.3, 0.4) is 0 Å². The topological polar surface area (TPSA) is 66.0 Å². The van der Waals surface area contributed by atoms with Crippen LogP contribution in [0.15, 0.2) is 30.5 Å². The van der Waals surface area contributed by atoms with Crippen molar-refractivity contribution in [2.24, 2.45) is 0 Å². The molecular formula is C25H26F2N4O3. The van der Waals surface area contributed by atoms with Gasteiger partial charge in [0.05, 0.1) is 24.8 Å². The third kappa shape index (κ3) is 3.62. The van der Waals surface area contributed by atoms with Gasteiger partial charge in [0.25, 0.3) is 17.7 Å². The summed E-state index contributed by atoms with van der Waals surface area (Å²) in [6, 6.07) is 7.93. The molecule has 0 radical (unpaired) electrons. The average Bonchev–Trinajstić information content (AvgIpc) is 3.12. The Morgan fingerprint density at radius 2 is 1.88 bits per heavy atom. The fourth-order valence-corrected chi connectivity index (χ4v) is 5.25. The van der Waals surface area contributed by atoms with E-state index in [1.807, 2.05) is 23.1 Å². The Hall–Kier alpha value is -3.07. The second-order valence-electron chi connectivity index (χ2n) is 9.58. The van der Waals surface area contributed by atoms with Crippen molar-refractivity contribution in [1.29, 1.82) is 0 Å². The minimum atomic E-state index is -2.69. The Kier molecular flexibility index (Phi) is 5.05. The van der Waals surface area contributed by atoms with E-state index in [-0.39, 0.29) is 43.8 Å². The van der Waals surface area contributed by atoms with Crippen molar-refractivity contribution < 1.29 is 23.1 Å². The van der Waals surface area contributed by atoms with Crippen molar-refractivity contribution in [3.8, 4) is 0 Å². The maximum atomic E-state index is 13.5. The number of aromatic nitrogens is 1. The highest BCUT2D eigenvalue weighted by Crippen LogP contribution is 2.36. The summed E-state index contributed by atoms with van der Waals surface area (Å²) in [5, 5.41) is 0. The number of anilines is 2. The minimum Gasteiger partial charge on any atom is -0.377 e. The Labute approximate surface area is 196 Å². The molecule has 0 N–H and O–H groups in total. The van der Waals surface area contributed by atoms with Gasteiger partial charge in [0.2, 0.25) is 0 Å². The number of benzene rings is 1. The Morgan fingerprint density at radius 1 is 1.09 bits per heavy atom. The number of hydrogen-bond donors (Lipinski definition) is 0. The fourth-order valence-electron chi connectivity index (χ4n) is 5.25. The zero-order valence-electron chi connectivity index (χ0n) is 18.8. The molecule has 178 valence electrons. The molecule has 0 unspecified atom stereocenters. The summed E-state index contributed by atoms with van der Waals surface area (Å²) in [4.78, 5) is 35.8. The van der Waals surface area contributed by atoms with Gasteiger partial charge in [-0.1, -0.05) is 0 Å². The molecule has 1 aromatic carbocycles. The molecule has 2 saturated heterocycles. The van der Waals surface area contributed by atoms with Gasteiger partial charge in [0.15, 0.2) is 0 Å². The van der Waals surface area contributed by atoms with Gasteiger partial charge in [-0.15, -0.1) is 0 Å². The van der Waals surface area contributed by atoms with E-state index in [4.69, 9.17) is 4.74 Å². The normalized spacial score (nSPS) is 21.8. The molecule has 0 aliphatic carbocycles. The van der Waals surface area contributed by atoms with E-state index in [2.05, 4.69) is 16.0 Å². The lowest BCUT2D eigenvalue weighted by Crippen LogP contribution is -2.48. The largest absolute Gasteiger partial charge is 0.377 e. The number of halogens is 2. The summed E-state index contributed by atoms with van der Waals surface area (Å²) in [5.74, 6) is -2.06. The summed E-state index contributed by atoms with van der Waals surface area (Å²) >= 11 is 0. The highest BCUT2D eigenvalue weighted by atomic mass is 19.3. The Morgan fingerprint density at radius 3 is 2.62 bits per heavy atom. The number of carbonyl (C=O) groups excluding carboxylic acids is 2. The Balaban J connectivity index is 1.23. The molecule has 34 heavy (non-hydrogen) atoms. The fraction of sp³-hybridized carbons (Fsp3) is 0.480. The first-order valence-electron chi connectivity index (χ1n) is 11.8. The molecule has 2 aromatic rings. The number of nitrogens with zero attached hydrogens (tertiary/aromatic N) is 4. The number of ether oxygens (including phenoxy) is 1. The molecule has 9 heteroatoms. The van der Waals surface area contributed by atoms with Crippen molar-refractivity contribution >= 4 is 23.3 Å². The summed E-state index contributed by atoms with van der Waals surface area (Å²) in [6.45, 7) is 2.70. The molecule has 5 heterocycles. The standard InChI is InChI=1S/C25H26F2N4O3/c26-25(27)5-8-29(9-6-25)23(32)17-10-16-2-1-7-30(22(16)28-12-17)19-3-4-21-18(11-19)13-31(24(21)33)20-14-34-15-20/h3-4,10-12,20H,1-2,5-9,13-15H2. The predicted molar refractivity (Wildman–Crippen MR) is 121 cm³/mol. The number of pyridine rings is 1. The number of rotatable bonds is 3. The average molecular weight is 469 g/mol. The van der Waals surface area contributed by atoms with Crippen LogP contribution in [-0.2, 0) is 17.7 Å². The lowest BCUT2D eigenvalue weighted by molar-refractivity contribution is -0.0540. The summed E-state index contributed by atoms with van der Waals surface area (Å²) < 4.78 is 32.2. The summed E-state index contributed by atoms with van der Waals surface area (Å²) in [6.07, 6.45) is 2.68. The highest BCUT2D eigenvalue weighted by molar-refractivity contribution is 5.99. The lowest BCUT2D eigenvalue weighted by Gasteiger charge is -2.34. The van der Waals surface area contributed by atoms with Gasteiger partial charge in [0.1, 0.15) is 5.82 Å². The van der Waals surface area contributed by atoms with Crippen LogP contribution in [0.25, 0.3) is 0 Å². The first-order chi connectivity index (χ1) is 16.4. The monoisotopic (exact) mass is 468 g/mol. The van der Waals surface area contributed by atoms with Crippen LogP contribution in [0, 0.1) is 0 Å². The summed E-state index contributed by atoms with van der Waals surface area (Å²) in [5.41, 5.74) is 4.15. The molecule has 0 atom stereocenters. The molecule has 1 aromatic heterocycles. The number of aryl methyl sites for hydroxylation is 1. The number of fused-ring (bicyclic) bond motifs is 2. The molecule has 0 spiro atoms. The second-order valence-corrected chi connectivity index (χ2v) is 9.58. The van der Waals surface area contributed by atoms with E-state index in [9.17, 15) is 18.4 Å². The van der Waals surface area contributed by atoms with E-state index in [0.717, 1.165) is 47.6 Å². The van der Waals surface area contributed by atoms with Crippen molar-refractivity contribution in [3.63, 3.8) is 0 Å². The number of likely N-dealkylation sites (tertiary alicyclic amines) is 1. The molecule has 7 nitrogen and oxygen atoms in total. The van der Waals surface area contributed by atoms with E-state index in [1.54, 1.807) is 6.20 Å². The quantitative estimate of drug-likeness (QED) is 0.691. The molecule has 2 fully saturated rings. The lowest BCUT2D eigenvalue weighted by atomic mass is 10.0. The van der Waals surface area contributed by atoms with Crippen LogP contribution in [0.5, 0.6) is 0 Å². The minimum absolute atomic E-state index is 0.0608. The zero-order valence-corrected chi connectivity index (χ0v) is 18.8. The number of alkyl halides is 2. The van der Waals surface area contributed by atoms with Crippen molar-refractivity contribution in [2.75, 3.05) is 37.7 Å². The third-order valence-electron chi connectivity index (χ3n) is 7.35. The van der Waals surface area contributed by atoms with Crippen LogP contribution in [0.1, 0.15) is 51.1 Å². The molecule has 0 bridgehead atoms. The van der Waals surface area contributed by atoms with Crippen LogP contribution in [-0.4, -0.2) is 71.4 Å². The number of hydrogen-bond acceptors (Lipinski definition) is 5. The molecule has 2 amide bonds. The first kappa shape index (κ1) is 21.5. The van der Waals surface area contributed by atoms with E-state index < -0.39 is 5.92 Å². The van der Waals surface area contributed by atoms with Gasteiger partial charge < -0.3 is 19.4 Å². The Bertz CT molecular complexity index is 1160. The van der Waals surface area contributed by atoms with Gasteiger partial charge in [-0.25, -0.2) is 13.8 Å². The predicted octanol–water partition coefficient (Wildman–Crippen LogP) is 3.39. The van der Waals surface area contributed by atoms with E-state index >= 15 is 0 Å². The first-order valence-corrected chi connectivity index (χ1v) is 11.8. The van der Waals surface area contributed by atoms with E-state index in [0.29, 0.717) is 25.3 Å². The van der Waals surface area contributed by atoms with Gasteiger partial charge in [0, 0.05) is 56.5 Å². The number of carbonyl (C=O) groups is 2. The van der Waals surface area contributed by atoms with Crippen LogP contribution < -0.4 is 4.90 Å². The number of piperidine rings is 1. The summed E-state index contributed by atoms with van der Waals surface area (Å²) in [7, 11) is 0. The molecule has 0 saturated carbocycles. The smallest absolute Gasteiger partial charge is 0.255 e. The zero-order chi connectivity index (χ0) is 23.4. The van der Waals surface area contributed by atoms with Gasteiger partial charge in [-0.05, 0) is 48.2 Å². The SMILES string of the molecule is O=C(c1cnc2c(c1)CCCN2c1ccc2c(c1)CN(C1COC1)C2=O)N1CCC(F)(F)CC1. The molecule has 4 aliphatic rings. The molecule has 4 aliphatic heterocycles.